The summed E-state index contributed by atoms with van der Waals surface area (Å²) in [5.41, 5.74) is 0. The summed E-state index contributed by atoms with van der Waals surface area (Å²) >= 11 is 0. The van der Waals surface area contributed by atoms with E-state index in [1.807, 2.05) is 20.8 Å². The highest BCUT2D eigenvalue weighted by Crippen LogP contribution is 2.06. The molecule has 0 spiro atoms. The van der Waals surface area contributed by atoms with E-state index in [0.717, 1.165) is 5.76 Å². The van der Waals surface area contributed by atoms with E-state index in [1.54, 1.807) is 6.20 Å². The van der Waals surface area contributed by atoms with E-state index in [0.29, 0.717) is 12.4 Å². The average Bonchev–Trinajstić information content (AvgIpc) is 2.69. The Kier molecular flexibility index (Phi) is 4.49. The fourth-order valence-corrected chi connectivity index (χ4v) is 1.30. The number of nitrogens with zero attached hydrogens (tertiary/aromatic N) is 1. The fraction of sp³-hybridized carbons (Fsp3) is 0.636. The van der Waals surface area contributed by atoms with Gasteiger partial charge in [0.15, 0.2) is 0 Å². The zero-order chi connectivity index (χ0) is 12.1. The van der Waals surface area contributed by atoms with Gasteiger partial charge >= 0.3 is 5.97 Å². The molecular weight excluding hydrogens is 208 g/mol. The lowest BCUT2D eigenvalue weighted by atomic mass is 10.0. The van der Waals surface area contributed by atoms with Gasteiger partial charge < -0.3 is 14.5 Å². The van der Waals surface area contributed by atoms with Crippen LogP contribution in [0.4, 0.5) is 0 Å². The van der Waals surface area contributed by atoms with E-state index in [1.165, 1.54) is 7.11 Å². The van der Waals surface area contributed by atoms with Crippen LogP contribution in [0.15, 0.2) is 10.6 Å². The third kappa shape index (κ3) is 3.34. The Morgan fingerprint density at radius 2 is 2.31 bits per heavy atom. The van der Waals surface area contributed by atoms with Crippen LogP contribution in [0.5, 0.6) is 0 Å². The van der Waals surface area contributed by atoms with E-state index < -0.39 is 0 Å². The maximum Gasteiger partial charge on any atom is 0.309 e. The molecule has 5 heteroatoms. The highest BCUT2D eigenvalue weighted by atomic mass is 16.5. The molecule has 5 nitrogen and oxygen atoms in total. The molecule has 0 amide bonds. The van der Waals surface area contributed by atoms with Crippen LogP contribution in [0.2, 0.25) is 0 Å². The summed E-state index contributed by atoms with van der Waals surface area (Å²) in [6, 6.07) is 0.0136. The van der Waals surface area contributed by atoms with Gasteiger partial charge in [-0.2, -0.15) is 0 Å². The van der Waals surface area contributed by atoms with Gasteiger partial charge in [-0.05, 0) is 13.8 Å². The van der Waals surface area contributed by atoms with Gasteiger partial charge in [-0.1, -0.05) is 6.92 Å². The summed E-state index contributed by atoms with van der Waals surface area (Å²) in [6.45, 7) is 6.11. The molecule has 1 aromatic rings. The lowest BCUT2D eigenvalue weighted by Gasteiger charge is -2.18. The number of hydrogen-bond donors (Lipinski definition) is 1. The van der Waals surface area contributed by atoms with Gasteiger partial charge in [-0.3, -0.25) is 4.79 Å². The third-order valence-corrected chi connectivity index (χ3v) is 2.57. The summed E-state index contributed by atoms with van der Waals surface area (Å²) in [5.74, 6) is 0.997. The van der Waals surface area contributed by atoms with Crippen molar-refractivity contribution < 1.29 is 13.9 Å². The Morgan fingerprint density at radius 3 is 2.81 bits per heavy atom. The Labute approximate surface area is 95.2 Å². The average molecular weight is 226 g/mol. The van der Waals surface area contributed by atoms with Gasteiger partial charge in [-0.15, -0.1) is 0 Å². The van der Waals surface area contributed by atoms with Crippen LogP contribution >= 0.6 is 0 Å². The summed E-state index contributed by atoms with van der Waals surface area (Å²) in [7, 11) is 1.39. The number of methoxy groups -OCH3 is 1. The van der Waals surface area contributed by atoms with Crippen LogP contribution in [0.25, 0.3) is 0 Å². The minimum atomic E-state index is -0.219. The first-order valence-corrected chi connectivity index (χ1v) is 5.27. The maximum absolute atomic E-state index is 11.3. The Hall–Kier alpha value is -1.36. The van der Waals surface area contributed by atoms with Gasteiger partial charge in [0.1, 0.15) is 5.76 Å². The lowest BCUT2D eigenvalue weighted by molar-refractivity contribution is -0.145. The molecule has 0 aliphatic heterocycles. The van der Waals surface area contributed by atoms with Gasteiger partial charge in [0.05, 0.1) is 25.8 Å². The number of aryl methyl sites for hydroxylation is 1. The van der Waals surface area contributed by atoms with Crippen molar-refractivity contribution in [3.05, 3.63) is 17.8 Å². The molecule has 1 N–H and O–H groups in total. The molecule has 1 aromatic heterocycles. The van der Waals surface area contributed by atoms with Crippen LogP contribution in [0.1, 0.15) is 25.5 Å². The molecule has 0 bridgehead atoms. The first-order chi connectivity index (χ1) is 7.54. The number of rotatable bonds is 5. The molecular formula is C11H18N2O3. The molecule has 2 atom stereocenters. The monoisotopic (exact) mass is 226 g/mol. The Bertz CT molecular complexity index is 349. The van der Waals surface area contributed by atoms with E-state index >= 15 is 0 Å². The lowest BCUT2D eigenvalue weighted by Crippen LogP contribution is -2.36. The topological polar surface area (TPSA) is 64.4 Å². The Morgan fingerprint density at radius 1 is 1.62 bits per heavy atom. The molecule has 0 saturated heterocycles. The minimum Gasteiger partial charge on any atom is -0.469 e. The van der Waals surface area contributed by atoms with Gasteiger partial charge in [0.25, 0.3) is 0 Å². The van der Waals surface area contributed by atoms with Crippen molar-refractivity contribution in [3.8, 4) is 0 Å². The fourth-order valence-electron chi connectivity index (χ4n) is 1.30. The number of carbonyl (C=O) groups is 1. The highest BCUT2D eigenvalue weighted by molar-refractivity contribution is 5.72. The number of ether oxygens (including phenoxy) is 1. The molecule has 1 rings (SSSR count). The highest BCUT2D eigenvalue weighted by Gasteiger charge is 2.20. The molecule has 1 heterocycles. The molecule has 90 valence electrons. The quantitative estimate of drug-likeness (QED) is 0.766. The zero-order valence-electron chi connectivity index (χ0n) is 10.1. The van der Waals surface area contributed by atoms with Crippen LogP contribution in [-0.4, -0.2) is 24.1 Å². The second kappa shape index (κ2) is 5.65. The van der Waals surface area contributed by atoms with Crippen LogP contribution in [0, 0.1) is 12.8 Å². The smallest absolute Gasteiger partial charge is 0.309 e. The molecule has 16 heavy (non-hydrogen) atoms. The van der Waals surface area contributed by atoms with Crippen molar-refractivity contribution in [2.75, 3.05) is 7.11 Å². The van der Waals surface area contributed by atoms with Gasteiger partial charge in [-0.25, -0.2) is 4.98 Å². The van der Waals surface area contributed by atoms with Crippen molar-refractivity contribution in [1.82, 2.24) is 10.3 Å². The molecule has 0 aromatic carbocycles. The number of hydrogen-bond acceptors (Lipinski definition) is 5. The van der Waals surface area contributed by atoms with Crippen molar-refractivity contribution >= 4 is 5.97 Å². The molecule has 0 fully saturated rings. The van der Waals surface area contributed by atoms with Crippen molar-refractivity contribution in [3.63, 3.8) is 0 Å². The molecule has 0 aliphatic rings. The zero-order valence-corrected chi connectivity index (χ0v) is 10.1. The number of oxazole rings is 1. The van der Waals surface area contributed by atoms with E-state index in [-0.39, 0.29) is 17.9 Å². The van der Waals surface area contributed by atoms with Crippen molar-refractivity contribution in [1.29, 1.82) is 0 Å². The second-order valence-corrected chi connectivity index (χ2v) is 3.85. The summed E-state index contributed by atoms with van der Waals surface area (Å²) in [6.07, 6.45) is 1.67. The predicted octanol–water partition coefficient (Wildman–Crippen LogP) is 1.27. The number of nitrogens with one attached hydrogen (secondary N) is 1. The van der Waals surface area contributed by atoms with Crippen molar-refractivity contribution in [2.24, 2.45) is 5.92 Å². The van der Waals surface area contributed by atoms with Gasteiger partial charge in [0, 0.05) is 6.04 Å². The standard InChI is InChI=1S/C11H18N2O3/c1-7-5-13-10(16-7)6-12-9(3)8(2)11(14)15-4/h5,8-9,12H,6H2,1-4H3. The first kappa shape index (κ1) is 12.7. The SMILES string of the molecule is COC(=O)C(C)C(C)NCc1ncc(C)o1. The molecule has 0 saturated carbocycles. The van der Waals surface area contributed by atoms with Crippen LogP contribution in [0.3, 0.4) is 0 Å². The van der Waals surface area contributed by atoms with Crippen LogP contribution in [-0.2, 0) is 16.1 Å². The molecule has 2 unspecified atom stereocenters. The summed E-state index contributed by atoms with van der Waals surface area (Å²) < 4.78 is 9.98. The van der Waals surface area contributed by atoms with E-state index in [2.05, 4.69) is 15.0 Å². The number of esters is 1. The first-order valence-electron chi connectivity index (χ1n) is 5.27. The molecule has 0 radical (unpaired) electrons. The van der Waals surface area contributed by atoms with Gasteiger partial charge in [0.2, 0.25) is 5.89 Å². The third-order valence-electron chi connectivity index (χ3n) is 2.57. The van der Waals surface area contributed by atoms with E-state index in [9.17, 15) is 4.79 Å². The normalized spacial score (nSPS) is 14.5. The van der Waals surface area contributed by atoms with Crippen molar-refractivity contribution in [2.45, 2.75) is 33.4 Å². The van der Waals surface area contributed by atoms with E-state index in [4.69, 9.17) is 4.42 Å². The Balaban J connectivity index is 2.40. The second-order valence-electron chi connectivity index (χ2n) is 3.85. The minimum absolute atomic E-state index is 0.0136. The summed E-state index contributed by atoms with van der Waals surface area (Å²) in [5, 5.41) is 3.17. The van der Waals surface area contributed by atoms with Crippen LogP contribution < -0.4 is 5.32 Å². The predicted molar refractivity (Wildman–Crippen MR) is 58.7 cm³/mol. The molecule has 0 aliphatic carbocycles. The largest absolute Gasteiger partial charge is 0.469 e. The number of aromatic nitrogens is 1. The summed E-state index contributed by atoms with van der Waals surface area (Å²) in [4.78, 5) is 15.3. The number of carbonyl (C=O) groups excluding carboxylic acids is 1. The maximum atomic E-state index is 11.3.